The first-order chi connectivity index (χ1) is 23.2. The smallest absolute Gasteiger partial charge is 0.239 e. The summed E-state index contributed by atoms with van der Waals surface area (Å²) >= 11 is 0. The zero-order valence-electron chi connectivity index (χ0n) is 28.8. The van der Waals surface area contributed by atoms with E-state index in [4.69, 9.17) is 0 Å². The van der Waals surface area contributed by atoms with Crippen LogP contribution in [-0.4, -0.2) is 72.5 Å². The predicted molar refractivity (Wildman–Crippen MR) is 196 cm³/mol. The van der Waals surface area contributed by atoms with Crippen LogP contribution in [0.1, 0.15) is 41.5 Å². The molecule has 0 saturated carbocycles. The summed E-state index contributed by atoms with van der Waals surface area (Å²) < 4.78 is 0. The lowest BCUT2D eigenvalue weighted by atomic mass is 9.93. The van der Waals surface area contributed by atoms with Crippen LogP contribution < -0.4 is 20.4 Å². The number of nitrogens with zero attached hydrogens (tertiary/aromatic N) is 5. The second-order valence-corrected chi connectivity index (χ2v) is 13.1. The van der Waals surface area contributed by atoms with Crippen molar-refractivity contribution < 1.29 is 9.59 Å². The Kier molecular flexibility index (Phi) is 12.2. The standard InChI is InChI=1S/C20H25N3O.C19H24N4O/c1-15-3-6-18(7-4-15)23-11-9-17(10-12-23)13-20(24)22-19-8-5-16(2)14-21-19;1-15-3-6-17(7-4-15)23-11-9-22(10-12-23)14-19(24)21-18-8-5-16(2)13-20-18/h3-8,14,17H,9-13H2,1-2H3,(H,21,22,24);3-8,13H,9-12,14H2,1-2H3,(H,20,21,24). The molecule has 2 N–H and O–H groups in total. The van der Waals surface area contributed by atoms with Gasteiger partial charge in [0.2, 0.25) is 11.8 Å². The zero-order valence-corrected chi connectivity index (χ0v) is 28.8. The SMILES string of the molecule is Cc1ccc(N2CCC(CC(=O)Nc3ccc(C)cn3)CC2)cc1.Cc1ccc(N2CCN(CC(=O)Nc3ccc(C)cn3)CC2)cc1. The van der Waals surface area contributed by atoms with Gasteiger partial charge < -0.3 is 20.4 Å². The molecule has 4 aromatic rings. The molecule has 2 aromatic carbocycles. The Morgan fingerprint density at radius 3 is 1.48 bits per heavy atom. The molecule has 0 aliphatic carbocycles. The molecule has 2 amide bonds. The molecule has 48 heavy (non-hydrogen) atoms. The second-order valence-electron chi connectivity index (χ2n) is 13.1. The summed E-state index contributed by atoms with van der Waals surface area (Å²) in [5.74, 6) is 1.78. The molecule has 252 valence electrons. The molecule has 2 aromatic heterocycles. The van der Waals surface area contributed by atoms with Gasteiger partial charge in [-0.15, -0.1) is 0 Å². The third-order valence-corrected chi connectivity index (χ3v) is 8.98. The van der Waals surface area contributed by atoms with E-state index in [0.29, 0.717) is 30.5 Å². The number of anilines is 4. The van der Waals surface area contributed by atoms with Gasteiger partial charge in [0.15, 0.2) is 0 Å². The minimum Gasteiger partial charge on any atom is -0.372 e. The van der Waals surface area contributed by atoms with Crippen molar-refractivity contribution in [3.8, 4) is 0 Å². The van der Waals surface area contributed by atoms with Gasteiger partial charge in [0.05, 0.1) is 6.54 Å². The predicted octanol–water partition coefficient (Wildman–Crippen LogP) is 6.40. The molecular weight excluding hydrogens is 598 g/mol. The van der Waals surface area contributed by atoms with Gasteiger partial charge in [-0.1, -0.05) is 47.5 Å². The van der Waals surface area contributed by atoms with E-state index in [2.05, 4.69) is 97.7 Å². The number of aryl methyl sites for hydroxylation is 4. The van der Waals surface area contributed by atoms with E-state index in [9.17, 15) is 9.59 Å². The summed E-state index contributed by atoms with van der Waals surface area (Å²) in [6.45, 7) is 14.3. The van der Waals surface area contributed by atoms with E-state index in [1.807, 2.05) is 38.1 Å². The van der Waals surface area contributed by atoms with Gasteiger partial charge in [0.25, 0.3) is 0 Å². The lowest BCUT2D eigenvalue weighted by Gasteiger charge is -2.35. The molecule has 2 aliphatic rings. The quantitative estimate of drug-likeness (QED) is 0.229. The fourth-order valence-electron chi connectivity index (χ4n) is 6.00. The summed E-state index contributed by atoms with van der Waals surface area (Å²) in [7, 11) is 0. The highest BCUT2D eigenvalue weighted by Crippen LogP contribution is 2.26. The van der Waals surface area contributed by atoms with E-state index < -0.39 is 0 Å². The second kappa shape index (κ2) is 16.9. The van der Waals surface area contributed by atoms with Crippen molar-refractivity contribution in [1.29, 1.82) is 0 Å². The fraction of sp³-hybridized carbons (Fsp3) is 0.385. The lowest BCUT2D eigenvalue weighted by molar-refractivity contribution is -0.118. The Morgan fingerprint density at radius 1 is 0.583 bits per heavy atom. The average molecular weight is 648 g/mol. The fourth-order valence-corrected chi connectivity index (χ4v) is 6.00. The number of benzene rings is 2. The van der Waals surface area contributed by atoms with E-state index >= 15 is 0 Å². The van der Waals surface area contributed by atoms with Gasteiger partial charge in [0.1, 0.15) is 11.6 Å². The maximum atomic E-state index is 12.2. The van der Waals surface area contributed by atoms with Crippen LogP contribution in [0.25, 0.3) is 0 Å². The van der Waals surface area contributed by atoms with Crippen LogP contribution in [0.2, 0.25) is 0 Å². The Bertz CT molecular complexity index is 1470. The number of hydrogen-bond donors (Lipinski definition) is 2. The number of amides is 2. The number of hydrogen-bond acceptors (Lipinski definition) is 7. The van der Waals surface area contributed by atoms with Gasteiger partial charge in [-0.05, 0) is 94.0 Å². The molecule has 0 atom stereocenters. The minimum absolute atomic E-state index is 0.00450. The van der Waals surface area contributed by atoms with E-state index in [0.717, 1.165) is 63.2 Å². The summed E-state index contributed by atoms with van der Waals surface area (Å²) in [6, 6.07) is 24.9. The van der Waals surface area contributed by atoms with Crippen LogP contribution in [-0.2, 0) is 9.59 Å². The lowest BCUT2D eigenvalue weighted by Crippen LogP contribution is -2.48. The molecule has 0 spiro atoms. The average Bonchev–Trinajstić information content (AvgIpc) is 3.09. The van der Waals surface area contributed by atoms with Gasteiger partial charge in [-0.2, -0.15) is 0 Å². The van der Waals surface area contributed by atoms with Crippen LogP contribution in [0.15, 0.2) is 85.2 Å². The van der Waals surface area contributed by atoms with Crippen molar-refractivity contribution in [2.24, 2.45) is 5.92 Å². The Labute approximate surface area is 285 Å². The molecule has 2 aliphatic heterocycles. The summed E-state index contributed by atoms with van der Waals surface area (Å²) in [5, 5.41) is 5.76. The number of carbonyl (C=O) groups excluding carboxylic acids is 2. The molecule has 2 fully saturated rings. The molecule has 0 unspecified atom stereocenters. The number of rotatable bonds is 8. The van der Waals surface area contributed by atoms with Crippen molar-refractivity contribution in [3.05, 3.63) is 107 Å². The maximum absolute atomic E-state index is 12.2. The topological polar surface area (TPSA) is 93.7 Å². The Hall–Kier alpha value is -4.76. The summed E-state index contributed by atoms with van der Waals surface area (Å²) in [6.07, 6.45) is 6.23. The first-order valence-corrected chi connectivity index (χ1v) is 17.0. The molecule has 9 nitrogen and oxygen atoms in total. The van der Waals surface area contributed by atoms with Crippen molar-refractivity contribution in [2.75, 3.05) is 66.2 Å². The van der Waals surface area contributed by atoms with Crippen LogP contribution in [0, 0.1) is 33.6 Å². The minimum atomic E-state index is -0.00450. The van der Waals surface area contributed by atoms with Crippen molar-refractivity contribution >= 4 is 34.8 Å². The van der Waals surface area contributed by atoms with Crippen molar-refractivity contribution in [1.82, 2.24) is 14.9 Å². The van der Waals surface area contributed by atoms with Crippen LogP contribution in [0.5, 0.6) is 0 Å². The molecule has 9 heteroatoms. The van der Waals surface area contributed by atoms with E-state index in [1.165, 1.54) is 22.5 Å². The maximum Gasteiger partial charge on any atom is 0.239 e. The number of piperidine rings is 1. The van der Waals surface area contributed by atoms with Gasteiger partial charge in [0, 0.05) is 69.5 Å². The molecule has 0 radical (unpaired) electrons. The highest BCUT2D eigenvalue weighted by atomic mass is 16.2. The van der Waals surface area contributed by atoms with Crippen LogP contribution in [0.4, 0.5) is 23.0 Å². The van der Waals surface area contributed by atoms with Crippen LogP contribution in [0.3, 0.4) is 0 Å². The summed E-state index contributed by atoms with van der Waals surface area (Å²) in [4.78, 5) is 39.8. The molecule has 0 bridgehead atoms. The van der Waals surface area contributed by atoms with Gasteiger partial charge in [-0.25, -0.2) is 9.97 Å². The molecule has 6 rings (SSSR count). The van der Waals surface area contributed by atoms with Gasteiger partial charge in [-0.3, -0.25) is 14.5 Å². The number of piperazine rings is 1. The Balaban J connectivity index is 0.000000188. The third kappa shape index (κ3) is 10.6. The monoisotopic (exact) mass is 647 g/mol. The number of carbonyl (C=O) groups is 2. The first kappa shape index (κ1) is 34.6. The Morgan fingerprint density at radius 2 is 1.02 bits per heavy atom. The summed E-state index contributed by atoms with van der Waals surface area (Å²) in [5.41, 5.74) is 7.28. The van der Waals surface area contributed by atoms with E-state index in [-0.39, 0.29) is 11.8 Å². The molecule has 2 saturated heterocycles. The highest BCUT2D eigenvalue weighted by Gasteiger charge is 2.22. The highest BCUT2D eigenvalue weighted by molar-refractivity contribution is 5.91. The molecular formula is C39H49N7O2. The largest absolute Gasteiger partial charge is 0.372 e. The van der Waals surface area contributed by atoms with Crippen LogP contribution >= 0.6 is 0 Å². The van der Waals surface area contributed by atoms with Crippen molar-refractivity contribution in [3.63, 3.8) is 0 Å². The normalized spacial score (nSPS) is 15.3. The first-order valence-electron chi connectivity index (χ1n) is 17.0. The zero-order chi connectivity index (χ0) is 33.9. The number of nitrogens with one attached hydrogen (secondary N) is 2. The molecule has 4 heterocycles. The third-order valence-electron chi connectivity index (χ3n) is 8.98. The van der Waals surface area contributed by atoms with Crippen molar-refractivity contribution in [2.45, 2.75) is 47.0 Å². The van der Waals surface area contributed by atoms with Gasteiger partial charge >= 0.3 is 0 Å². The van der Waals surface area contributed by atoms with E-state index in [1.54, 1.807) is 12.4 Å². The number of pyridine rings is 2. The number of aromatic nitrogens is 2.